The Labute approximate surface area is 260 Å². The van der Waals surface area contributed by atoms with Gasteiger partial charge in [0.05, 0.1) is 23.1 Å². The van der Waals surface area contributed by atoms with Crippen molar-refractivity contribution in [1.29, 1.82) is 0 Å². The quantitative estimate of drug-likeness (QED) is 0.285. The molecule has 3 heterocycles. The highest BCUT2D eigenvalue weighted by Crippen LogP contribution is 2.44. The molecule has 240 valence electrons. The zero-order chi connectivity index (χ0) is 31.3. The molecule has 2 bridgehead atoms. The van der Waals surface area contributed by atoms with Gasteiger partial charge >= 0.3 is 6.09 Å². The molecule has 3 saturated heterocycles. The lowest BCUT2D eigenvalue weighted by Crippen LogP contribution is -2.69. The van der Waals surface area contributed by atoms with Crippen molar-refractivity contribution in [3.63, 3.8) is 0 Å². The number of ether oxygens (including phenoxy) is 4. The van der Waals surface area contributed by atoms with Crippen LogP contribution >= 0.6 is 11.6 Å². The van der Waals surface area contributed by atoms with Crippen LogP contribution in [-0.2, 0) is 40.5 Å². The number of rotatable bonds is 11. The van der Waals surface area contributed by atoms with E-state index in [1.165, 1.54) is 58.8 Å². The maximum atomic E-state index is 14.2. The first kappa shape index (κ1) is 32.4. The molecule has 3 fully saturated rings. The summed E-state index contributed by atoms with van der Waals surface area (Å²) in [5.41, 5.74) is 1.35. The van der Waals surface area contributed by atoms with Crippen LogP contribution in [0.4, 0.5) is 9.18 Å². The van der Waals surface area contributed by atoms with E-state index in [4.69, 9.17) is 35.4 Å². The monoisotopic (exact) mass is 655 g/mol. The van der Waals surface area contributed by atoms with E-state index in [9.17, 15) is 22.4 Å². The number of nitrogens with zero attached hydrogens (tertiary/aromatic N) is 2. The number of fused-ring (bicyclic) bond motifs is 2. The standard InChI is InChI=1S/C29H35ClFN3O9S/c1-39-14-15-41-28(36)33-17-22-11-12-29(19-33,27(35)32-43-26-4-2-3-13-40-26)34(22)44(37,38)24-9-7-23(8-10-24)42-18-20-5-6-21(31)16-25(20)30/h5-10,16,22,26H,2-4,11-15,17-19H2,1H3,(H,32,35). The van der Waals surface area contributed by atoms with Crippen molar-refractivity contribution in [3.8, 4) is 5.75 Å². The highest BCUT2D eigenvalue weighted by atomic mass is 35.5. The second kappa shape index (κ2) is 14.0. The molecule has 0 saturated carbocycles. The minimum Gasteiger partial charge on any atom is -0.489 e. The van der Waals surface area contributed by atoms with E-state index < -0.39 is 45.7 Å². The zero-order valence-corrected chi connectivity index (χ0v) is 25.8. The Morgan fingerprint density at radius 3 is 2.64 bits per heavy atom. The molecule has 15 heteroatoms. The molecule has 12 nitrogen and oxygen atoms in total. The summed E-state index contributed by atoms with van der Waals surface area (Å²) >= 11 is 6.08. The van der Waals surface area contributed by atoms with Gasteiger partial charge in [-0.15, -0.1) is 0 Å². The van der Waals surface area contributed by atoms with Crippen molar-refractivity contribution in [1.82, 2.24) is 14.7 Å². The van der Waals surface area contributed by atoms with Crippen molar-refractivity contribution < 1.29 is 46.2 Å². The Bertz CT molecular complexity index is 1440. The van der Waals surface area contributed by atoms with Gasteiger partial charge in [-0.3, -0.25) is 4.79 Å². The van der Waals surface area contributed by atoms with Gasteiger partial charge in [0.1, 0.15) is 30.3 Å². The average Bonchev–Trinajstić information content (AvgIpc) is 3.28. The first-order chi connectivity index (χ1) is 21.1. The molecular formula is C29H35ClFN3O9S. The Morgan fingerprint density at radius 2 is 1.93 bits per heavy atom. The normalized spacial score (nSPS) is 23.8. The van der Waals surface area contributed by atoms with Crippen LogP contribution in [0, 0.1) is 5.82 Å². The summed E-state index contributed by atoms with van der Waals surface area (Å²) in [6.07, 6.45) is 1.52. The number of piperazine rings is 1. The number of hydrogen-bond acceptors (Lipinski definition) is 9. The number of nitrogens with one attached hydrogen (secondary N) is 1. The van der Waals surface area contributed by atoms with Crippen LogP contribution in [0.25, 0.3) is 0 Å². The summed E-state index contributed by atoms with van der Waals surface area (Å²) < 4.78 is 64.4. The number of halogens is 2. The number of amides is 2. The van der Waals surface area contributed by atoms with Gasteiger partial charge in [0.15, 0.2) is 6.29 Å². The van der Waals surface area contributed by atoms with Gasteiger partial charge in [0.2, 0.25) is 10.0 Å². The Kier molecular flexibility index (Phi) is 10.3. The molecule has 3 aliphatic rings. The maximum Gasteiger partial charge on any atom is 0.409 e. The maximum absolute atomic E-state index is 14.2. The number of carbonyl (C=O) groups is 2. The van der Waals surface area contributed by atoms with Gasteiger partial charge in [0.25, 0.3) is 5.91 Å². The van der Waals surface area contributed by atoms with E-state index in [-0.39, 0.29) is 49.2 Å². The van der Waals surface area contributed by atoms with Gasteiger partial charge in [-0.25, -0.2) is 27.9 Å². The lowest BCUT2D eigenvalue weighted by Gasteiger charge is -2.46. The van der Waals surface area contributed by atoms with E-state index in [1.807, 2.05) is 0 Å². The molecule has 3 aliphatic heterocycles. The van der Waals surface area contributed by atoms with E-state index in [1.54, 1.807) is 0 Å². The molecule has 2 aromatic carbocycles. The van der Waals surface area contributed by atoms with Crippen LogP contribution in [0.1, 0.15) is 37.7 Å². The highest BCUT2D eigenvalue weighted by molar-refractivity contribution is 7.89. The summed E-state index contributed by atoms with van der Waals surface area (Å²) in [5, 5.41) is 0.212. The Hall–Kier alpha value is -3.01. The predicted octanol–water partition coefficient (Wildman–Crippen LogP) is 3.62. The van der Waals surface area contributed by atoms with E-state index >= 15 is 0 Å². The van der Waals surface area contributed by atoms with E-state index in [0.717, 1.165) is 12.8 Å². The molecule has 5 rings (SSSR count). The number of carbonyl (C=O) groups excluding carboxylic acids is 2. The number of likely N-dealkylation sites (tertiary alicyclic amines) is 1. The summed E-state index contributed by atoms with van der Waals surface area (Å²) in [4.78, 5) is 33.5. The van der Waals surface area contributed by atoms with E-state index in [0.29, 0.717) is 30.8 Å². The first-order valence-electron chi connectivity index (χ1n) is 14.3. The summed E-state index contributed by atoms with van der Waals surface area (Å²) in [6, 6.07) is 9.04. The fraction of sp³-hybridized carbons (Fsp3) is 0.517. The number of hydroxylamine groups is 1. The third kappa shape index (κ3) is 6.95. The summed E-state index contributed by atoms with van der Waals surface area (Å²) in [7, 11) is -2.76. The average molecular weight is 656 g/mol. The predicted molar refractivity (Wildman–Crippen MR) is 155 cm³/mol. The third-order valence-corrected chi connectivity index (χ3v) is 10.3. The second-order valence-electron chi connectivity index (χ2n) is 10.9. The first-order valence-corrected chi connectivity index (χ1v) is 16.2. The Balaban J connectivity index is 1.36. The van der Waals surface area contributed by atoms with Crippen molar-refractivity contribution in [2.45, 2.75) is 61.5 Å². The lowest BCUT2D eigenvalue weighted by atomic mass is 9.96. The van der Waals surface area contributed by atoms with Crippen LogP contribution in [0.2, 0.25) is 5.02 Å². The SMILES string of the molecule is COCCOC(=O)N1CC2CCC(C(=O)NOC3CCCCO3)(C1)N2S(=O)(=O)c1ccc(OCc2ccc(F)cc2Cl)cc1. The fourth-order valence-corrected chi connectivity index (χ4v) is 7.91. The molecule has 0 aromatic heterocycles. The molecule has 0 aliphatic carbocycles. The number of hydrogen-bond donors (Lipinski definition) is 1. The molecule has 0 spiro atoms. The smallest absolute Gasteiger partial charge is 0.409 e. The van der Waals surface area contributed by atoms with Crippen molar-refractivity contribution >= 4 is 33.6 Å². The number of methoxy groups -OCH3 is 1. The van der Waals surface area contributed by atoms with E-state index in [2.05, 4.69) is 5.48 Å². The minimum atomic E-state index is -4.24. The van der Waals surface area contributed by atoms with Gasteiger partial charge in [-0.05, 0) is 62.1 Å². The summed E-state index contributed by atoms with van der Waals surface area (Å²) in [5.74, 6) is -0.793. The van der Waals surface area contributed by atoms with Crippen LogP contribution in [-0.4, -0.2) is 87.5 Å². The molecule has 2 amide bonds. The summed E-state index contributed by atoms with van der Waals surface area (Å²) in [6.45, 7) is 0.569. The molecule has 44 heavy (non-hydrogen) atoms. The van der Waals surface area contributed by atoms with Crippen molar-refractivity contribution in [2.75, 3.05) is 40.0 Å². The highest BCUT2D eigenvalue weighted by Gasteiger charge is 2.62. The molecule has 0 radical (unpaired) electrons. The largest absolute Gasteiger partial charge is 0.489 e. The molecule has 2 aromatic rings. The Morgan fingerprint density at radius 1 is 1.14 bits per heavy atom. The van der Waals surface area contributed by atoms with Crippen LogP contribution < -0.4 is 10.2 Å². The second-order valence-corrected chi connectivity index (χ2v) is 13.1. The van der Waals surface area contributed by atoms with Crippen LogP contribution in [0.15, 0.2) is 47.4 Å². The minimum absolute atomic E-state index is 0.0155. The van der Waals surface area contributed by atoms with Gasteiger partial charge < -0.3 is 23.8 Å². The van der Waals surface area contributed by atoms with Crippen LogP contribution in [0.5, 0.6) is 5.75 Å². The van der Waals surface area contributed by atoms with Crippen molar-refractivity contribution in [2.24, 2.45) is 0 Å². The molecular weight excluding hydrogens is 621 g/mol. The molecule has 3 atom stereocenters. The van der Waals surface area contributed by atoms with Crippen molar-refractivity contribution in [3.05, 3.63) is 58.9 Å². The van der Waals surface area contributed by atoms with Gasteiger partial charge in [0, 0.05) is 38.3 Å². The molecule has 1 N–H and O–H groups in total. The fourth-order valence-electron chi connectivity index (χ4n) is 5.73. The van der Waals surface area contributed by atoms with Gasteiger partial charge in [-0.2, -0.15) is 4.31 Å². The zero-order valence-electron chi connectivity index (χ0n) is 24.2. The number of benzene rings is 2. The topological polar surface area (TPSA) is 133 Å². The molecule has 3 unspecified atom stereocenters. The number of sulfonamides is 1. The lowest BCUT2D eigenvalue weighted by molar-refractivity contribution is -0.204. The van der Waals surface area contributed by atoms with Crippen LogP contribution in [0.3, 0.4) is 0 Å². The van der Waals surface area contributed by atoms with Gasteiger partial charge in [-0.1, -0.05) is 17.7 Å². The third-order valence-electron chi connectivity index (χ3n) is 7.93.